The van der Waals surface area contributed by atoms with Gasteiger partial charge in [-0.1, -0.05) is 91.0 Å². The van der Waals surface area contributed by atoms with Crippen molar-refractivity contribution in [3.63, 3.8) is 0 Å². The third-order valence-electron chi connectivity index (χ3n) is 5.12. The topological polar surface area (TPSA) is 9.23 Å². The van der Waals surface area contributed by atoms with Crippen molar-refractivity contribution in [3.05, 3.63) is 120 Å². The quantitative estimate of drug-likeness (QED) is 0.473. The Kier molecular flexibility index (Phi) is 4.99. The van der Waals surface area contributed by atoms with E-state index in [0.717, 1.165) is 0 Å². The molecule has 1 unspecified atom stereocenters. The molecule has 0 saturated carbocycles. The second-order valence-corrected chi connectivity index (χ2v) is 9.90. The first-order valence-corrected chi connectivity index (χ1v) is 11.3. The molecule has 0 aromatic heterocycles. The lowest BCUT2D eigenvalue weighted by molar-refractivity contribution is 0.468. The van der Waals surface area contributed by atoms with E-state index in [1.807, 2.05) is 7.11 Å². The highest BCUT2D eigenvalue weighted by molar-refractivity contribution is 7.81. The summed E-state index contributed by atoms with van der Waals surface area (Å²) < 4.78 is 6.26. The van der Waals surface area contributed by atoms with Gasteiger partial charge < -0.3 is 4.52 Å². The zero-order valence-corrected chi connectivity index (χ0v) is 16.6. The zero-order chi connectivity index (χ0) is 18.7. The van der Waals surface area contributed by atoms with E-state index in [1.165, 1.54) is 32.9 Å². The molecule has 134 valence electrons. The molecule has 1 atom stereocenters. The summed E-state index contributed by atoms with van der Waals surface area (Å²) in [5, 5.41) is 2.57. The van der Waals surface area contributed by atoms with Crippen LogP contribution in [0.1, 0.15) is 16.7 Å². The normalized spacial score (nSPS) is 19.4. The molecule has 1 heterocycles. The van der Waals surface area contributed by atoms with Gasteiger partial charge in [-0.2, -0.15) is 0 Å². The van der Waals surface area contributed by atoms with Gasteiger partial charge in [-0.15, -0.1) is 0 Å². The molecule has 1 nitrogen and oxygen atoms in total. The number of benzene rings is 3. The summed E-state index contributed by atoms with van der Waals surface area (Å²) in [4.78, 5) is 0. The van der Waals surface area contributed by atoms with E-state index in [4.69, 9.17) is 4.52 Å². The van der Waals surface area contributed by atoms with Gasteiger partial charge >= 0.3 is 0 Å². The molecule has 2 heteroatoms. The third-order valence-corrected chi connectivity index (χ3v) is 8.46. The lowest BCUT2D eigenvalue weighted by Gasteiger charge is -2.31. The molecule has 0 radical (unpaired) electrons. The van der Waals surface area contributed by atoms with Crippen molar-refractivity contribution in [3.8, 4) is 0 Å². The predicted octanol–water partition coefficient (Wildman–Crippen LogP) is 6.55. The van der Waals surface area contributed by atoms with E-state index < -0.39 is 7.11 Å². The molecule has 0 spiro atoms. The Morgan fingerprint density at radius 2 is 1.07 bits per heavy atom. The molecule has 27 heavy (non-hydrogen) atoms. The average Bonchev–Trinajstić information content (AvgIpc) is 2.75. The Hall–Kier alpha value is -2.60. The van der Waals surface area contributed by atoms with Gasteiger partial charge in [0, 0.05) is 24.8 Å². The van der Waals surface area contributed by atoms with Gasteiger partial charge in [0.05, 0.1) is 0 Å². The lowest BCUT2D eigenvalue weighted by atomic mass is 10.0. The molecule has 0 N–H and O–H groups in total. The average molecular weight is 370 g/mol. The second kappa shape index (κ2) is 7.56. The van der Waals surface area contributed by atoms with E-state index in [0.29, 0.717) is 0 Å². The molecule has 0 fully saturated rings. The summed E-state index contributed by atoms with van der Waals surface area (Å²) in [6.45, 7) is 2.27. The summed E-state index contributed by atoms with van der Waals surface area (Å²) in [5.41, 5.74) is 4.90. The van der Waals surface area contributed by atoms with Crippen molar-refractivity contribution in [2.24, 2.45) is 0 Å². The maximum absolute atomic E-state index is 6.26. The minimum atomic E-state index is -1.96. The fourth-order valence-electron chi connectivity index (χ4n) is 3.58. The lowest BCUT2D eigenvalue weighted by Crippen LogP contribution is -2.09. The molecule has 0 saturated heterocycles. The molecular formula is C25H23OP. The van der Waals surface area contributed by atoms with Crippen LogP contribution in [0.25, 0.3) is 10.9 Å². The Morgan fingerprint density at radius 3 is 1.59 bits per heavy atom. The highest BCUT2D eigenvalue weighted by Crippen LogP contribution is 2.62. The van der Waals surface area contributed by atoms with Crippen LogP contribution in [-0.4, -0.2) is 19.1 Å². The summed E-state index contributed by atoms with van der Waals surface area (Å²) in [6.07, 6.45) is 4.63. The first kappa shape index (κ1) is 17.8. The second-order valence-electron chi connectivity index (χ2n) is 6.72. The maximum atomic E-state index is 6.26. The number of hydrogen-bond donors (Lipinski definition) is 0. The van der Waals surface area contributed by atoms with E-state index in [2.05, 4.69) is 110 Å². The van der Waals surface area contributed by atoms with E-state index in [1.54, 1.807) is 0 Å². The zero-order valence-electron chi connectivity index (χ0n) is 15.7. The first-order chi connectivity index (χ1) is 13.2. The van der Waals surface area contributed by atoms with Gasteiger partial charge in [-0.25, -0.2) is 0 Å². The molecule has 1 aliphatic heterocycles. The van der Waals surface area contributed by atoms with Crippen molar-refractivity contribution in [1.29, 1.82) is 0 Å². The van der Waals surface area contributed by atoms with Crippen LogP contribution in [0.2, 0.25) is 0 Å². The van der Waals surface area contributed by atoms with Crippen LogP contribution in [0.4, 0.5) is 0 Å². The molecule has 0 aliphatic carbocycles. The van der Waals surface area contributed by atoms with Crippen LogP contribution in [-0.2, 0) is 4.52 Å². The number of rotatable bonds is 4. The highest BCUT2D eigenvalue weighted by atomic mass is 31.2. The van der Waals surface area contributed by atoms with Gasteiger partial charge in [0.1, 0.15) is 0 Å². The molecule has 3 aromatic carbocycles. The molecule has 1 aliphatic rings. The van der Waals surface area contributed by atoms with Crippen LogP contribution >= 0.6 is 7.11 Å². The molecule has 4 rings (SSSR count). The van der Waals surface area contributed by atoms with E-state index in [9.17, 15) is 0 Å². The maximum Gasteiger partial charge on any atom is 0.0407 e. The Balaban J connectivity index is 2.03. The summed E-state index contributed by atoms with van der Waals surface area (Å²) in [6, 6.07) is 31.8. The first-order valence-electron chi connectivity index (χ1n) is 9.12. The van der Waals surface area contributed by atoms with Gasteiger partial charge in [-0.3, -0.25) is 0 Å². The van der Waals surface area contributed by atoms with Crippen molar-refractivity contribution >= 4 is 23.3 Å². The van der Waals surface area contributed by atoms with Gasteiger partial charge in [0.2, 0.25) is 0 Å². The summed E-state index contributed by atoms with van der Waals surface area (Å²) >= 11 is 0. The smallest absolute Gasteiger partial charge is 0.0407 e. The van der Waals surface area contributed by atoms with Crippen molar-refractivity contribution in [2.45, 2.75) is 0 Å². The van der Waals surface area contributed by atoms with Gasteiger partial charge in [0.25, 0.3) is 0 Å². The van der Waals surface area contributed by atoms with Crippen LogP contribution in [0.15, 0.2) is 103 Å². The molecule has 0 bridgehead atoms. The summed E-state index contributed by atoms with van der Waals surface area (Å²) in [5.74, 6) is 0. The number of allylic oxidation sites excluding steroid dienone is 3. The van der Waals surface area contributed by atoms with Crippen molar-refractivity contribution in [1.82, 2.24) is 0 Å². The Morgan fingerprint density at radius 1 is 0.593 bits per heavy atom. The minimum Gasteiger partial charge on any atom is -0.360 e. The fraction of sp³-hybridized carbons (Fsp3) is 0.0800. The van der Waals surface area contributed by atoms with E-state index in [-0.39, 0.29) is 0 Å². The minimum absolute atomic E-state index is 1.22. The fourth-order valence-corrected chi connectivity index (χ4v) is 6.29. The van der Waals surface area contributed by atoms with Crippen LogP contribution in [0, 0.1) is 0 Å². The Labute approximate surface area is 161 Å². The molecule has 0 amide bonds. The third kappa shape index (κ3) is 3.37. The van der Waals surface area contributed by atoms with Gasteiger partial charge in [-0.05, 0) is 41.1 Å². The van der Waals surface area contributed by atoms with Crippen LogP contribution < -0.4 is 0 Å². The molecular weight excluding hydrogens is 347 g/mol. The largest absolute Gasteiger partial charge is 0.360 e. The van der Waals surface area contributed by atoms with Gasteiger partial charge in [0.15, 0.2) is 0 Å². The molecule has 3 aromatic rings. The monoisotopic (exact) mass is 370 g/mol. The van der Waals surface area contributed by atoms with Crippen molar-refractivity contribution < 1.29 is 4.52 Å². The summed E-state index contributed by atoms with van der Waals surface area (Å²) in [7, 11) is -0.123. The standard InChI is InChI=1S/C25H23OP/c1-26-27(2)24(21-14-8-4-9-15-21)18-23(20-12-6-3-7-13-20)19-25(27)22-16-10-5-11-17-22/h3-19H,1-2H3. The van der Waals surface area contributed by atoms with Crippen LogP contribution in [0.3, 0.4) is 0 Å². The van der Waals surface area contributed by atoms with Crippen molar-refractivity contribution in [2.75, 3.05) is 13.8 Å². The number of hydrogen-bond acceptors (Lipinski definition) is 1. The highest BCUT2D eigenvalue weighted by Gasteiger charge is 2.27. The van der Waals surface area contributed by atoms with E-state index >= 15 is 0 Å². The SMILES string of the molecule is COP1(C)=C(c2ccccc2)C=C(c2ccccc2)C=C1c1ccccc1. The van der Waals surface area contributed by atoms with Crippen LogP contribution in [0.5, 0.6) is 0 Å². The predicted molar refractivity (Wildman–Crippen MR) is 119 cm³/mol. The Bertz CT molecular complexity index is 1040.